The molecule has 0 amide bonds. The third-order valence-corrected chi connectivity index (χ3v) is 6.97. The van der Waals surface area contributed by atoms with Crippen LogP contribution in [0.25, 0.3) is 0 Å². The molecule has 1 heterocycles. The van der Waals surface area contributed by atoms with Crippen molar-refractivity contribution in [1.82, 2.24) is 0 Å². The third-order valence-electron chi connectivity index (χ3n) is 3.81. The number of amidine groups is 1. The van der Waals surface area contributed by atoms with E-state index in [4.69, 9.17) is 5.73 Å². The Bertz CT molecular complexity index is 747. The predicted octanol–water partition coefficient (Wildman–Crippen LogP) is 2.51. The maximum absolute atomic E-state index is 14.1. The highest BCUT2D eigenvalue weighted by Crippen LogP contribution is 2.39. The van der Waals surface area contributed by atoms with Gasteiger partial charge in [0.05, 0.1) is 5.75 Å². The first kappa shape index (κ1) is 16.4. The lowest BCUT2D eigenvalue weighted by atomic mass is 9.93. The molecular weight excluding hydrogens is 366 g/mol. The van der Waals surface area contributed by atoms with Crippen molar-refractivity contribution in [2.24, 2.45) is 10.7 Å². The molecule has 116 valence electrons. The van der Waals surface area contributed by atoms with Gasteiger partial charge in [0.25, 0.3) is 0 Å². The van der Waals surface area contributed by atoms with Gasteiger partial charge in [-0.2, -0.15) is 0 Å². The van der Waals surface area contributed by atoms with Gasteiger partial charge in [-0.05, 0) is 32.9 Å². The highest BCUT2D eigenvalue weighted by Gasteiger charge is 2.49. The molecule has 0 aromatic heterocycles. The van der Waals surface area contributed by atoms with Crippen LogP contribution < -0.4 is 5.73 Å². The van der Waals surface area contributed by atoms with Gasteiger partial charge in [-0.25, -0.2) is 17.2 Å². The molecule has 2 N–H and O–H groups in total. The Hall–Kier alpha value is -1.02. The van der Waals surface area contributed by atoms with Gasteiger partial charge in [0.2, 0.25) is 0 Å². The van der Waals surface area contributed by atoms with Crippen molar-refractivity contribution in [2.45, 2.75) is 31.1 Å². The summed E-state index contributed by atoms with van der Waals surface area (Å²) in [6, 6.07) is 2.29. The van der Waals surface area contributed by atoms with Crippen molar-refractivity contribution in [3.05, 3.63) is 33.8 Å². The van der Waals surface area contributed by atoms with Crippen molar-refractivity contribution < 1.29 is 17.2 Å². The molecule has 8 heteroatoms. The Morgan fingerprint density at radius 2 is 1.86 bits per heavy atom. The number of rotatable bonds is 1. The van der Waals surface area contributed by atoms with Crippen LogP contribution in [0.2, 0.25) is 0 Å². The molecule has 0 spiro atoms. The van der Waals surface area contributed by atoms with E-state index in [2.05, 4.69) is 20.9 Å². The van der Waals surface area contributed by atoms with Gasteiger partial charge >= 0.3 is 0 Å². The third kappa shape index (κ3) is 2.48. The van der Waals surface area contributed by atoms with E-state index in [0.717, 1.165) is 6.07 Å². The van der Waals surface area contributed by atoms with Crippen LogP contribution in [-0.2, 0) is 15.4 Å². The Morgan fingerprint density at radius 3 is 2.38 bits per heavy atom. The van der Waals surface area contributed by atoms with Crippen LogP contribution in [-0.4, -0.2) is 24.8 Å². The number of sulfone groups is 1. The molecule has 1 atom stereocenters. The number of hydrogen-bond acceptors (Lipinski definition) is 4. The summed E-state index contributed by atoms with van der Waals surface area (Å²) >= 11 is 3.07. The second-order valence-corrected chi connectivity index (χ2v) is 9.24. The van der Waals surface area contributed by atoms with Gasteiger partial charge in [-0.3, -0.25) is 4.99 Å². The van der Waals surface area contributed by atoms with Crippen molar-refractivity contribution in [3.8, 4) is 0 Å². The summed E-state index contributed by atoms with van der Waals surface area (Å²) in [4.78, 5) is 4.16. The summed E-state index contributed by atoms with van der Waals surface area (Å²) in [6.07, 6.45) is 0. The van der Waals surface area contributed by atoms with Gasteiger partial charge in [-0.15, -0.1) is 0 Å². The standard InChI is InChI=1S/C13H15BrF2N2O2S/c1-12(2)11(17)18-13(3,6-21(12,19)20)8-4-7(14)5-9(15)10(8)16/h4-5H,6H2,1-3H3,(H2,17,18). The maximum atomic E-state index is 14.1. The normalized spacial score (nSPS) is 27.2. The Balaban J connectivity index is 2.73. The van der Waals surface area contributed by atoms with Crippen LogP contribution >= 0.6 is 15.9 Å². The topological polar surface area (TPSA) is 72.5 Å². The van der Waals surface area contributed by atoms with E-state index >= 15 is 0 Å². The maximum Gasteiger partial charge on any atom is 0.165 e. The van der Waals surface area contributed by atoms with Gasteiger partial charge in [0, 0.05) is 10.0 Å². The van der Waals surface area contributed by atoms with E-state index in [1.165, 1.54) is 26.8 Å². The van der Waals surface area contributed by atoms with Crippen molar-refractivity contribution in [3.63, 3.8) is 0 Å². The number of nitrogens with zero attached hydrogens (tertiary/aromatic N) is 1. The molecule has 0 radical (unpaired) electrons. The zero-order valence-corrected chi connectivity index (χ0v) is 14.1. The first-order chi connectivity index (χ1) is 9.41. The van der Waals surface area contributed by atoms with Gasteiger partial charge in [-0.1, -0.05) is 15.9 Å². The van der Waals surface area contributed by atoms with Crippen molar-refractivity contribution in [1.29, 1.82) is 0 Å². The Kier molecular flexibility index (Phi) is 3.69. The van der Waals surface area contributed by atoms with Crippen LogP contribution in [0.5, 0.6) is 0 Å². The first-order valence-corrected chi connectivity index (χ1v) is 8.58. The number of aliphatic imine (C=N–C) groups is 1. The molecular formula is C13H15BrF2N2O2S. The molecule has 2 rings (SSSR count). The Morgan fingerprint density at radius 1 is 1.29 bits per heavy atom. The molecule has 1 aromatic rings. The zero-order valence-electron chi connectivity index (χ0n) is 11.7. The molecule has 0 fully saturated rings. The van der Waals surface area contributed by atoms with Crippen LogP contribution in [0.15, 0.2) is 21.6 Å². The summed E-state index contributed by atoms with van der Waals surface area (Å²) < 4.78 is 51.4. The fourth-order valence-electron chi connectivity index (χ4n) is 2.23. The molecule has 0 saturated carbocycles. The lowest BCUT2D eigenvalue weighted by Gasteiger charge is -2.37. The monoisotopic (exact) mass is 380 g/mol. The van der Waals surface area contributed by atoms with E-state index in [1.54, 1.807) is 0 Å². The second kappa shape index (κ2) is 4.74. The van der Waals surface area contributed by atoms with Gasteiger partial charge < -0.3 is 5.73 Å². The van der Waals surface area contributed by atoms with Crippen LogP contribution in [0, 0.1) is 11.6 Å². The first-order valence-electron chi connectivity index (χ1n) is 6.14. The highest BCUT2D eigenvalue weighted by molar-refractivity contribution is 9.10. The number of hydrogen-bond donors (Lipinski definition) is 1. The number of nitrogens with two attached hydrogens (primary N) is 1. The minimum absolute atomic E-state index is 0.115. The minimum Gasteiger partial charge on any atom is -0.386 e. The lowest BCUT2D eigenvalue weighted by Crippen LogP contribution is -2.55. The summed E-state index contributed by atoms with van der Waals surface area (Å²) in [5, 5.41) is 0. The fourth-order valence-corrected chi connectivity index (χ4v) is 4.34. The summed E-state index contributed by atoms with van der Waals surface area (Å²) in [7, 11) is -3.67. The summed E-state index contributed by atoms with van der Waals surface area (Å²) in [5.41, 5.74) is 4.16. The molecule has 0 saturated heterocycles. The van der Waals surface area contributed by atoms with E-state index < -0.39 is 37.5 Å². The second-order valence-electron chi connectivity index (χ2n) is 5.79. The largest absolute Gasteiger partial charge is 0.386 e. The van der Waals surface area contributed by atoms with Crippen molar-refractivity contribution >= 4 is 31.6 Å². The quantitative estimate of drug-likeness (QED) is 0.760. The molecule has 1 aromatic carbocycles. The summed E-state index contributed by atoms with van der Waals surface area (Å²) in [6.45, 7) is 4.31. The summed E-state index contributed by atoms with van der Waals surface area (Å²) in [5.74, 6) is -2.75. The van der Waals surface area contributed by atoms with Crippen LogP contribution in [0.3, 0.4) is 0 Å². The average molecular weight is 381 g/mol. The lowest BCUT2D eigenvalue weighted by molar-refractivity contribution is 0.444. The molecule has 1 aliphatic rings. The van der Waals surface area contributed by atoms with Crippen LogP contribution in [0.4, 0.5) is 8.78 Å². The molecule has 4 nitrogen and oxygen atoms in total. The fraction of sp³-hybridized carbons (Fsp3) is 0.462. The predicted molar refractivity (Wildman–Crippen MR) is 80.9 cm³/mol. The van der Waals surface area contributed by atoms with Gasteiger partial charge in [0.15, 0.2) is 21.5 Å². The van der Waals surface area contributed by atoms with Gasteiger partial charge in [0.1, 0.15) is 16.1 Å². The molecule has 1 unspecified atom stereocenters. The molecule has 1 aliphatic heterocycles. The van der Waals surface area contributed by atoms with E-state index in [1.807, 2.05) is 0 Å². The number of benzene rings is 1. The SMILES string of the molecule is CC1(c2cc(Br)cc(F)c2F)CS(=O)(=O)C(C)(C)C(N)=N1. The van der Waals surface area contributed by atoms with Crippen molar-refractivity contribution in [2.75, 3.05) is 5.75 Å². The average Bonchev–Trinajstić information content (AvgIpc) is 2.30. The van der Waals surface area contributed by atoms with E-state index in [9.17, 15) is 17.2 Å². The molecule has 0 aliphatic carbocycles. The van der Waals surface area contributed by atoms with E-state index in [-0.39, 0.29) is 11.4 Å². The number of halogens is 3. The van der Waals surface area contributed by atoms with Crippen LogP contribution in [0.1, 0.15) is 26.3 Å². The molecule has 0 bridgehead atoms. The van der Waals surface area contributed by atoms with E-state index in [0.29, 0.717) is 4.47 Å². The Labute approximate surface area is 130 Å². The highest BCUT2D eigenvalue weighted by atomic mass is 79.9. The molecule has 21 heavy (non-hydrogen) atoms. The minimum atomic E-state index is -3.67. The zero-order chi connectivity index (χ0) is 16.2. The smallest absolute Gasteiger partial charge is 0.165 e.